The number of carbonyl (C=O) groups is 1. The van der Waals surface area contributed by atoms with Gasteiger partial charge in [0, 0.05) is 13.1 Å². The molecule has 1 atom stereocenters. The standard InChI is InChI=1S/C20H25NO3/c1-15(2)19(20(22)23)21(13-16-7-5-4-6-8-16)14-17-9-11-18(24-3)12-10-17/h4-12,15,19H,13-14H2,1-3H3,(H,22,23)/t19-/m0/s1. The van der Waals surface area contributed by atoms with E-state index in [1.165, 1.54) is 0 Å². The summed E-state index contributed by atoms with van der Waals surface area (Å²) in [5.41, 5.74) is 2.18. The van der Waals surface area contributed by atoms with Gasteiger partial charge in [-0.15, -0.1) is 0 Å². The minimum atomic E-state index is -0.783. The van der Waals surface area contributed by atoms with Crippen molar-refractivity contribution in [2.75, 3.05) is 7.11 Å². The van der Waals surface area contributed by atoms with Crippen molar-refractivity contribution in [1.29, 1.82) is 0 Å². The third-order valence-electron chi connectivity index (χ3n) is 4.05. The van der Waals surface area contributed by atoms with Gasteiger partial charge in [-0.3, -0.25) is 9.69 Å². The molecule has 0 heterocycles. The summed E-state index contributed by atoms with van der Waals surface area (Å²) in [6.07, 6.45) is 0. The number of nitrogens with zero attached hydrogens (tertiary/aromatic N) is 1. The van der Waals surface area contributed by atoms with Crippen molar-refractivity contribution >= 4 is 5.97 Å². The maximum atomic E-state index is 11.8. The Morgan fingerprint density at radius 2 is 1.54 bits per heavy atom. The molecule has 0 unspecified atom stereocenters. The van der Waals surface area contributed by atoms with Crippen LogP contribution in [-0.4, -0.2) is 29.1 Å². The van der Waals surface area contributed by atoms with Crippen LogP contribution in [0.25, 0.3) is 0 Å². The second-order valence-electron chi connectivity index (χ2n) is 6.27. The molecule has 0 saturated heterocycles. The zero-order valence-electron chi connectivity index (χ0n) is 14.5. The van der Waals surface area contributed by atoms with Gasteiger partial charge in [0.05, 0.1) is 7.11 Å². The fourth-order valence-corrected chi connectivity index (χ4v) is 2.90. The van der Waals surface area contributed by atoms with Gasteiger partial charge in [0.1, 0.15) is 11.8 Å². The summed E-state index contributed by atoms with van der Waals surface area (Å²) < 4.78 is 5.19. The van der Waals surface area contributed by atoms with Gasteiger partial charge >= 0.3 is 5.97 Å². The lowest BCUT2D eigenvalue weighted by Crippen LogP contribution is -2.43. The van der Waals surface area contributed by atoms with Gasteiger partial charge in [0.25, 0.3) is 0 Å². The first-order chi connectivity index (χ1) is 11.5. The van der Waals surface area contributed by atoms with Crippen LogP contribution >= 0.6 is 0 Å². The van der Waals surface area contributed by atoms with Crippen molar-refractivity contribution in [3.8, 4) is 5.75 Å². The Morgan fingerprint density at radius 1 is 1.00 bits per heavy atom. The Morgan fingerprint density at radius 3 is 2.00 bits per heavy atom. The first kappa shape index (κ1) is 18.0. The number of rotatable bonds is 8. The molecular weight excluding hydrogens is 302 g/mol. The Hall–Kier alpha value is -2.33. The van der Waals surface area contributed by atoms with Gasteiger partial charge in [-0.05, 0) is 29.2 Å². The molecule has 0 aliphatic rings. The fourth-order valence-electron chi connectivity index (χ4n) is 2.90. The molecule has 0 saturated carbocycles. The van der Waals surface area contributed by atoms with Crippen molar-refractivity contribution in [3.63, 3.8) is 0 Å². The van der Waals surface area contributed by atoms with Crippen LogP contribution in [0.4, 0.5) is 0 Å². The summed E-state index contributed by atoms with van der Waals surface area (Å²) in [5.74, 6) is 0.0332. The predicted octanol–water partition coefficient (Wildman–Crippen LogP) is 3.81. The van der Waals surface area contributed by atoms with E-state index < -0.39 is 12.0 Å². The zero-order valence-corrected chi connectivity index (χ0v) is 14.5. The van der Waals surface area contributed by atoms with Crippen LogP contribution in [0.5, 0.6) is 5.75 Å². The van der Waals surface area contributed by atoms with Crippen LogP contribution in [-0.2, 0) is 17.9 Å². The highest BCUT2D eigenvalue weighted by Crippen LogP contribution is 2.20. The van der Waals surface area contributed by atoms with Gasteiger partial charge < -0.3 is 9.84 Å². The Labute approximate surface area is 143 Å². The van der Waals surface area contributed by atoms with Crippen LogP contribution in [0.3, 0.4) is 0 Å². The normalized spacial score (nSPS) is 12.4. The third-order valence-corrected chi connectivity index (χ3v) is 4.05. The molecule has 0 aromatic heterocycles. The SMILES string of the molecule is COc1ccc(CN(Cc2ccccc2)[C@H](C(=O)O)C(C)C)cc1. The topological polar surface area (TPSA) is 49.8 Å². The fraction of sp³-hybridized carbons (Fsp3) is 0.350. The summed E-state index contributed by atoms with van der Waals surface area (Å²) in [4.78, 5) is 13.8. The monoisotopic (exact) mass is 327 g/mol. The van der Waals surface area contributed by atoms with Crippen LogP contribution in [0, 0.1) is 5.92 Å². The lowest BCUT2D eigenvalue weighted by atomic mass is 10.0. The molecular formula is C20H25NO3. The summed E-state index contributed by atoms with van der Waals surface area (Å²) in [6.45, 7) is 5.08. The number of carboxylic acids is 1. The number of benzene rings is 2. The number of aliphatic carboxylic acids is 1. The largest absolute Gasteiger partial charge is 0.497 e. The van der Waals surface area contributed by atoms with E-state index >= 15 is 0 Å². The van der Waals surface area contributed by atoms with Gasteiger partial charge in [-0.2, -0.15) is 0 Å². The number of ether oxygens (including phenoxy) is 1. The predicted molar refractivity (Wildman–Crippen MR) is 94.9 cm³/mol. The van der Waals surface area contributed by atoms with E-state index in [1.54, 1.807) is 7.11 Å². The lowest BCUT2D eigenvalue weighted by Gasteiger charge is -2.31. The molecule has 0 spiro atoms. The highest BCUT2D eigenvalue weighted by Gasteiger charge is 2.28. The highest BCUT2D eigenvalue weighted by molar-refractivity contribution is 5.73. The number of hydrogen-bond donors (Lipinski definition) is 1. The molecule has 4 heteroatoms. The third kappa shape index (κ3) is 4.83. The van der Waals surface area contributed by atoms with E-state index in [2.05, 4.69) is 0 Å². The van der Waals surface area contributed by atoms with Gasteiger partial charge in [-0.1, -0.05) is 56.3 Å². The maximum Gasteiger partial charge on any atom is 0.321 e. The molecule has 2 aromatic rings. The van der Waals surface area contributed by atoms with E-state index in [0.29, 0.717) is 13.1 Å². The maximum absolute atomic E-state index is 11.8. The molecule has 2 aromatic carbocycles. The quantitative estimate of drug-likeness (QED) is 0.801. The first-order valence-electron chi connectivity index (χ1n) is 8.15. The second kappa shape index (κ2) is 8.50. The van der Waals surface area contributed by atoms with Crippen LogP contribution in [0.15, 0.2) is 54.6 Å². The van der Waals surface area contributed by atoms with Crippen LogP contribution in [0.1, 0.15) is 25.0 Å². The number of carboxylic acid groups (broad SMARTS) is 1. The summed E-state index contributed by atoms with van der Waals surface area (Å²) in [5, 5.41) is 9.69. The molecule has 0 amide bonds. The Kier molecular flexibility index (Phi) is 6.38. The van der Waals surface area contributed by atoms with Crippen LogP contribution in [0.2, 0.25) is 0 Å². The Balaban J connectivity index is 2.24. The van der Waals surface area contributed by atoms with E-state index in [0.717, 1.165) is 16.9 Å². The first-order valence-corrected chi connectivity index (χ1v) is 8.15. The second-order valence-corrected chi connectivity index (χ2v) is 6.27. The number of hydrogen-bond acceptors (Lipinski definition) is 3. The summed E-state index contributed by atoms with van der Waals surface area (Å²) in [6, 6.07) is 17.2. The molecule has 0 radical (unpaired) electrons. The average Bonchev–Trinajstić information content (AvgIpc) is 2.56. The van der Waals surface area contributed by atoms with Crippen molar-refractivity contribution < 1.29 is 14.6 Å². The molecule has 0 bridgehead atoms. The van der Waals surface area contributed by atoms with E-state index in [4.69, 9.17) is 4.74 Å². The summed E-state index contributed by atoms with van der Waals surface area (Å²) in [7, 11) is 1.63. The smallest absolute Gasteiger partial charge is 0.321 e. The molecule has 1 N–H and O–H groups in total. The van der Waals surface area contributed by atoms with Gasteiger partial charge in [0.2, 0.25) is 0 Å². The Bertz CT molecular complexity index is 638. The van der Waals surface area contributed by atoms with Crippen molar-refractivity contribution in [1.82, 2.24) is 4.90 Å². The van der Waals surface area contributed by atoms with Gasteiger partial charge in [0.15, 0.2) is 0 Å². The molecule has 2 rings (SSSR count). The number of methoxy groups -OCH3 is 1. The van der Waals surface area contributed by atoms with E-state index in [-0.39, 0.29) is 5.92 Å². The zero-order chi connectivity index (χ0) is 17.5. The van der Waals surface area contributed by atoms with Crippen LogP contribution < -0.4 is 4.74 Å². The lowest BCUT2D eigenvalue weighted by molar-refractivity contribution is -0.145. The van der Waals surface area contributed by atoms with Crippen molar-refractivity contribution in [2.45, 2.75) is 33.0 Å². The molecule has 24 heavy (non-hydrogen) atoms. The minimum Gasteiger partial charge on any atom is -0.497 e. The van der Waals surface area contributed by atoms with Crippen molar-refractivity contribution in [3.05, 3.63) is 65.7 Å². The van der Waals surface area contributed by atoms with Gasteiger partial charge in [-0.25, -0.2) is 0 Å². The highest BCUT2D eigenvalue weighted by atomic mass is 16.5. The van der Waals surface area contributed by atoms with E-state index in [1.807, 2.05) is 73.3 Å². The molecule has 0 fully saturated rings. The van der Waals surface area contributed by atoms with Crippen molar-refractivity contribution in [2.24, 2.45) is 5.92 Å². The molecule has 4 nitrogen and oxygen atoms in total. The minimum absolute atomic E-state index is 0.0180. The molecule has 0 aliphatic heterocycles. The molecule has 128 valence electrons. The van der Waals surface area contributed by atoms with E-state index in [9.17, 15) is 9.90 Å². The average molecular weight is 327 g/mol. The molecule has 0 aliphatic carbocycles. The summed E-state index contributed by atoms with van der Waals surface area (Å²) >= 11 is 0.